The number of hydrogen-bond acceptors (Lipinski definition) is 5. The lowest BCUT2D eigenvalue weighted by atomic mass is 9.99. The van der Waals surface area contributed by atoms with Gasteiger partial charge in [0, 0.05) is 23.7 Å². The molecule has 0 N–H and O–H groups in total. The summed E-state index contributed by atoms with van der Waals surface area (Å²) in [6.45, 7) is 17.4. The van der Waals surface area contributed by atoms with Crippen molar-refractivity contribution in [2.24, 2.45) is 5.92 Å². The van der Waals surface area contributed by atoms with Gasteiger partial charge in [-0.3, -0.25) is 9.88 Å². The molecule has 1 aliphatic rings. The van der Waals surface area contributed by atoms with Crippen molar-refractivity contribution in [3.63, 3.8) is 0 Å². The smallest absolute Gasteiger partial charge is 0.164 e. The number of halogens is 1. The third-order valence-electron chi connectivity index (χ3n) is 4.34. The van der Waals surface area contributed by atoms with Gasteiger partial charge < -0.3 is 4.74 Å². The summed E-state index contributed by atoms with van der Waals surface area (Å²) in [5.41, 5.74) is 1.14. The largest absolute Gasteiger partial charge is 0.494 e. The molecule has 2 rings (SSSR count). The highest BCUT2D eigenvalue weighted by atomic mass is 32.2. The molecule has 0 atom stereocenters. The second-order valence-electron chi connectivity index (χ2n) is 8.10. The molecule has 0 unspecified atom stereocenters. The van der Waals surface area contributed by atoms with E-state index in [1.807, 2.05) is 18.0 Å². The second-order valence-corrected chi connectivity index (χ2v) is 9.92. The number of likely N-dealkylation sites (tertiary alicyclic amines) is 1. The van der Waals surface area contributed by atoms with Crippen LogP contribution in [0.5, 0.6) is 0 Å². The van der Waals surface area contributed by atoms with Crippen molar-refractivity contribution in [1.82, 2.24) is 14.9 Å². The van der Waals surface area contributed by atoms with Gasteiger partial charge in [0.1, 0.15) is 5.03 Å². The molecular formula is C23H36FN3OS. The van der Waals surface area contributed by atoms with E-state index >= 15 is 0 Å². The van der Waals surface area contributed by atoms with E-state index in [1.165, 1.54) is 45.2 Å². The molecule has 0 aromatic carbocycles. The van der Waals surface area contributed by atoms with Crippen LogP contribution < -0.4 is 0 Å². The second kappa shape index (κ2) is 12.8. The number of ether oxygens (including phenoxy) is 1. The fourth-order valence-corrected chi connectivity index (χ4v) is 3.71. The summed E-state index contributed by atoms with van der Waals surface area (Å²) in [4.78, 5) is 11.6. The summed E-state index contributed by atoms with van der Waals surface area (Å²) in [5.74, 6) is 0.639. The van der Waals surface area contributed by atoms with Gasteiger partial charge in [-0.1, -0.05) is 52.1 Å². The zero-order valence-corrected chi connectivity index (χ0v) is 19.6. The Hall–Kier alpha value is -1.66. The quantitative estimate of drug-likeness (QED) is 0.312. The van der Waals surface area contributed by atoms with Crippen LogP contribution >= 0.6 is 11.8 Å². The van der Waals surface area contributed by atoms with E-state index in [0.29, 0.717) is 0 Å². The van der Waals surface area contributed by atoms with Crippen LogP contribution in [0.1, 0.15) is 53.2 Å². The lowest BCUT2D eigenvalue weighted by molar-refractivity contribution is 0.182. The van der Waals surface area contributed by atoms with Crippen molar-refractivity contribution in [1.29, 1.82) is 0 Å². The monoisotopic (exact) mass is 421 g/mol. The standard InChI is InChI=1S/C15H25N3S.C8H11FO/c1-12-5-9-18(10-6-12)11-13-14(17-8-7-16-13)19-15(2,3)4;1-4-6-7(9)8(5-2)10-3/h7-8,12H,5-6,9-11H2,1-4H3;4-6H,2H2,1,3H3/b;6-4-,8-7-. The number of nitrogens with zero attached hydrogens (tertiary/aromatic N) is 3. The highest BCUT2D eigenvalue weighted by molar-refractivity contribution is 8.00. The first-order chi connectivity index (χ1) is 13.7. The van der Waals surface area contributed by atoms with Crippen molar-refractivity contribution >= 4 is 11.8 Å². The van der Waals surface area contributed by atoms with Gasteiger partial charge >= 0.3 is 0 Å². The van der Waals surface area contributed by atoms with Gasteiger partial charge in [-0.05, 0) is 50.9 Å². The topological polar surface area (TPSA) is 38.2 Å². The molecule has 1 aromatic heterocycles. The first-order valence-electron chi connectivity index (χ1n) is 10.1. The fraction of sp³-hybridized carbons (Fsp3) is 0.565. The molecule has 0 bridgehead atoms. The number of piperidine rings is 1. The maximum Gasteiger partial charge on any atom is 0.164 e. The summed E-state index contributed by atoms with van der Waals surface area (Å²) in [7, 11) is 1.40. The van der Waals surface area contributed by atoms with Crippen molar-refractivity contribution in [3.8, 4) is 0 Å². The minimum atomic E-state index is -0.403. The van der Waals surface area contributed by atoms with Gasteiger partial charge in [-0.15, -0.1) is 0 Å². The number of aromatic nitrogens is 2. The van der Waals surface area contributed by atoms with E-state index in [2.05, 4.69) is 53.9 Å². The Kier molecular flexibility index (Phi) is 11.2. The van der Waals surface area contributed by atoms with Gasteiger partial charge in [0.05, 0.1) is 12.8 Å². The molecule has 162 valence electrons. The molecule has 6 heteroatoms. The maximum atomic E-state index is 12.7. The minimum Gasteiger partial charge on any atom is -0.494 e. The predicted molar refractivity (Wildman–Crippen MR) is 121 cm³/mol. The van der Waals surface area contributed by atoms with Crippen molar-refractivity contribution in [2.75, 3.05) is 20.2 Å². The third kappa shape index (κ3) is 10.1. The summed E-state index contributed by atoms with van der Waals surface area (Å²) in [6.07, 6.45) is 10.5. The number of hydrogen-bond donors (Lipinski definition) is 0. The molecular weight excluding hydrogens is 385 g/mol. The SMILES string of the molecule is C=C/C(OC)=C(F)\C=C/C.CC1CCN(Cc2nccnc2SC(C)(C)C)CC1. The van der Waals surface area contributed by atoms with E-state index in [9.17, 15) is 4.39 Å². The van der Waals surface area contributed by atoms with E-state index in [-0.39, 0.29) is 10.5 Å². The van der Waals surface area contributed by atoms with E-state index < -0.39 is 5.83 Å². The Morgan fingerprint density at radius 3 is 2.45 bits per heavy atom. The molecule has 0 saturated carbocycles. The molecule has 0 amide bonds. The van der Waals surface area contributed by atoms with Crippen LogP contribution in [-0.2, 0) is 11.3 Å². The third-order valence-corrected chi connectivity index (χ3v) is 5.49. The molecule has 1 fully saturated rings. The van der Waals surface area contributed by atoms with Crippen LogP contribution in [-0.4, -0.2) is 39.8 Å². The van der Waals surface area contributed by atoms with Gasteiger partial charge in [0.25, 0.3) is 0 Å². The molecule has 0 spiro atoms. The van der Waals surface area contributed by atoms with Crippen LogP contribution in [0.4, 0.5) is 4.39 Å². The number of methoxy groups -OCH3 is 1. The van der Waals surface area contributed by atoms with Crippen LogP contribution in [0.3, 0.4) is 0 Å². The molecule has 1 aromatic rings. The van der Waals surface area contributed by atoms with E-state index in [0.717, 1.165) is 23.2 Å². The molecule has 29 heavy (non-hydrogen) atoms. The van der Waals surface area contributed by atoms with Gasteiger partial charge in [0.2, 0.25) is 0 Å². The lowest BCUT2D eigenvalue weighted by Crippen LogP contribution is -2.33. The van der Waals surface area contributed by atoms with E-state index in [1.54, 1.807) is 19.2 Å². The highest BCUT2D eigenvalue weighted by Gasteiger charge is 2.20. The normalized spacial score (nSPS) is 16.8. The molecule has 1 saturated heterocycles. The van der Waals surface area contributed by atoms with Crippen LogP contribution in [0.2, 0.25) is 0 Å². The first kappa shape index (κ1) is 25.4. The molecule has 2 heterocycles. The molecule has 0 aliphatic carbocycles. The van der Waals surface area contributed by atoms with Crippen LogP contribution in [0.25, 0.3) is 0 Å². The van der Waals surface area contributed by atoms with Crippen molar-refractivity contribution < 1.29 is 9.13 Å². The minimum absolute atomic E-state index is 0.165. The summed E-state index contributed by atoms with van der Waals surface area (Å²) in [6, 6.07) is 0. The van der Waals surface area contributed by atoms with Crippen molar-refractivity contribution in [3.05, 3.63) is 54.5 Å². The summed E-state index contributed by atoms with van der Waals surface area (Å²) in [5, 5.41) is 1.09. The number of rotatable bonds is 6. The Labute approximate surface area is 180 Å². The zero-order chi connectivity index (χ0) is 21.9. The average Bonchev–Trinajstić information content (AvgIpc) is 2.66. The van der Waals surface area contributed by atoms with Gasteiger partial charge in [-0.25, -0.2) is 9.37 Å². The van der Waals surface area contributed by atoms with E-state index in [4.69, 9.17) is 0 Å². The van der Waals surface area contributed by atoms with Crippen LogP contribution in [0, 0.1) is 5.92 Å². The lowest BCUT2D eigenvalue weighted by Gasteiger charge is -2.30. The molecule has 0 radical (unpaired) electrons. The maximum absolute atomic E-state index is 12.7. The van der Waals surface area contributed by atoms with Gasteiger partial charge in [-0.2, -0.15) is 0 Å². The first-order valence-corrected chi connectivity index (χ1v) is 10.9. The summed E-state index contributed by atoms with van der Waals surface area (Å²) >= 11 is 1.82. The fourth-order valence-electron chi connectivity index (χ4n) is 2.78. The predicted octanol–water partition coefficient (Wildman–Crippen LogP) is 6.18. The Morgan fingerprint density at radius 1 is 1.31 bits per heavy atom. The average molecular weight is 422 g/mol. The van der Waals surface area contributed by atoms with Gasteiger partial charge in [0.15, 0.2) is 11.6 Å². The van der Waals surface area contributed by atoms with Crippen LogP contribution in [0.15, 0.2) is 53.8 Å². The summed E-state index contributed by atoms with van der Waals surface area (Å²) < 4.78 is 17.5. The Balaban J connectivity index is 0.000000359. The zero-order valence-electron chi connectivity index (χ0n) is 18.7. The number of thioether (sulfide) groups is 1. The Bertz CT molecular complexity index is 690. The Morgan fingerprint density at radius 2 is 1.93 bits per heavy atom. The highest BCUT2D eigenvalue weighted by Crippen LogP contribution is 2.32. The molecule has 1 aliphatic heterocycles. The number of allylic oxidation sites excluding steroid dienone is 4. The van der Waals surface area contributed by atoms with Crippen molar-refractivity contribution in [2.45, 2.75) is 63.8 Å². The molecule has 4 nitrogen and oxygen atoms in total.